The van der Waals surface area contributed by atoms with E-state index in [1.165, 1.54) is 5.56 Å². The standard InChI is InChI=1S/C33H50N2O6/c1-23(30(39-5)28-14-11-17-34(28)32(38)41-33(2,3)4)29(36)16-15-24-20-26(25-12-7-6-8-13-25)22-27(21-24)31(37)35-18-9-10-19-40-35/h6-8,12-13,23-24,26-28,30H,9-11,14-22H2,1-5H3/t23-,24+,26+,27?,28-,30+/m0/s1. The van der Waals surface area contributed by atoms with Crippen molar-refractivity contribution in [3.05, 3.63) is 35.9 Å². The van der Waals surface area contributed by atoms with Crippen LogP contribution in [0.1, 0.15) is 97.0 Å². The van der Waals surface area contributed by atoms with Gasteiger partial charge in [-0.05, 0) is 89.5 Å². The van der Waals surface area contributed by atoms with Crippen LogP contribution >= 0.6 is 0 Å². The molecule has 0 spiro atoms. The first kappa shape index (κ1) is 31.5. The third-order valence-corrected chi connectivity index (χ3v) is 9.05. The molecular weight excluding hydrogens is 520 g/mol. The highest BCUT2D eigenvalue weighted by Crippen LogP contribution is 2.42. The number of likely N-dealkylation sites (tertiary alicyclic amines) is 1. The molecule has 228 valence electrons. The number of hydroxylamine groups is 2. The summed E-state index contributed by atoms with van der Waals surface area (Å²) >= 11 is 0. The number of Topliss-reactive ketones (excluding diaryl/α,β-unsaturated/α-hetero) is 1. The van der Waals surface area contributed by atoms with E-state index in [4.69, 9.17) is 14.3 Å². The lowest BCUT2D eigenvalue weighted by Gasteiger charge is -2.38. The number of rotatable bonds is 9. The van der Waals surface area contributed by atoms with Crippen LogP contribution in [0.5, 0.6) is 0 Å². The molecule has 0 radical (unpaired) electrons. The van der Waals surface area contributed by atoms with Gasteiger partial charge in [0.1, 0.15) is 11.4 Å². The summed E-state index contributed by atoms with van der Waals surface area (Å²) in [4.78, 5) is 47.3. The number of carbonyl (C=O) groups is 3. The maximum atomic E-state index is 13.6. The number of ether oxygens (including phenoxy) is 2. The molecule has 2 aliphatic heterocycles. The lowest BCUT2D eigenvalue weighted by atomic mass is 9.70. The molecule has 0 N–H and O–H groups in total. The van der Waals surface area contributed by atoms with Crippen molar-refractivity contribution >= 4 is 17.8 Å². The van der Waals surface area contributed by atoms with Gasteiger partial charge in [-0.15, -0.1) is 0 Å². The highest BCUT2D eigenvalue weighted by Gasteiger charge is 2.42. The van der Waals surface area contributed by atoms with Crippen LogP contribution in [-0.2, 0) is 23.9 Å². The van der Waals surface area contributed by atoms with Crippen LogP contribution in [0.15, 0.2) is 30.3 Å². The molecule has 1 saturated carbocycles. The summed E-state index contributed by atoms with van der Waals surface area (Å²) in [5.41, 5.74) is 0.683. The molecule has 8 heteroatoms. The predicted molar refractivity (Wildman–Crippen MR) is 157 cm³/mol. The van der Waals surface area contributed by atoms with Crippen molar-refractivity contribution < 1.29 is 28.7 Å². The molecule has 2 amide bonds. The van der Waals surface area contributed by atoms with Crippen LogP contribution in [0.25, 0.3) is 0 Å². The van der Waals surface area contributed by atoms with Crippen LogP contribution in [0.2, 0.25) is 0 Å². The summed E-state index contributed by atoms with van der Waals surface area (Å²) in [6.45, 7) is 9.38. The number of hydrogen-bond acceptors (Lipinski definition) is 6. The summed E-state index contributed by atoms with van der Waals surface area (Å²) in [5.74, 6) is 0.358. The third kappa shape index (κ3) is 8.31. The lowest BCUT2D eigenvalue weighted by molar-refractivity contribution is -0.202. The Balaban J connectivity index is 1.40. The van der Waals surface area contributed by atoms with Gasteiger partial charge in [-0.25, -0.2) is 9.86 Å². The van der Waals surface area contributed by atoms with Crippen molar-refractivity contribution in [1.29, 1.82) is 0 Å². The van der Waals surface area contributed by atoms with Crippen molar-refractivity contribution in [3.8, 4) is 0 Å². The summed E-state index contributed by atoms with van der Waals surface area (Å²) in [6.07, 6.45) is 6.65. The smallest absolute Gasteiger partial charge is 0.410 e. The summed E-state index contributed by atoms with van der Waals surface area (Å²) < 4.78 is 11.5. The number of nitrogens with zero attached hydrogens (tertiary/aromatic N) is 2. The second kappa shape index (κ2) is 14.1. The number of hydrogen-bond donors (Lipinski definition) is 0. The van der Waals surface area contributed by atoms with E-state index >= 15 is 0 Å². The molecule has 41 heavy (non-hydrogen) atoms. The van der Waals surface area contributed by atoms with Crippen molar-refractivity contribution in [2.75, 3.05) is 26.8 Å². The van der Waals surface area contributed by atoms with E-state index < -0.39 is 5.60 Å². The molecule has 2 heterocycles. The second-order valence-electron chi connectivity index (χ2n) is 13.2. The molecule has 1 unspecified atom stereocenters. The molecule has 2 saturated heterocycles. The van der Waals surface area contributed by atoms with Gasteiger partial charge in [0.25, 0.3) is 0 Å². The van der Waals surface area contributed by atoms with Gasteiger partial charge in [-0.3, -0.25) is 14.4 Å². The zero-order valence-corrected chi connectivity index (χ0v) is 25.7. The maximum absolute atomic E-state index is 13.6. The minimum Gasteiger partial charge on any atom is -0.444 e. The Morgan fingerprint density at radius 1 is 1.02 bits per heavy atom. The van der Waals surface area contributed by atoms with Gasteiger partial charge in [0.2, 0.25) is 5.91 Å². The van der Waals surface area contributed by atoms with E-state index in [1.54, 1.807) is 17.1 Å². The number of carbonyl (C=O) groups excluding carboxylic acids is 3. The van der Waals surface area contributed by atoms with Crippen LogP contribution in [0.4, 0.5) is 4.79 Å². The van der Waals surface area contributed by atoms with Crippen LogP contribution in [0.3, 0.4) is 0 Å². The monoisotopic (exact) mass is 570 g/mol. The van der Waals surface area contributed by atoms with E-state index in [9.17, 15) is 14.4 Å². The third-order valence-electron chi connectivity index (χ3n) is 9.05. The zero-order valence-electron chi connectivity index (χ0n) is 25.7. The molecule has 3 fully saturated rings. The normalized spacial score (nSPS) is 26.9. The minimum absolute atomic E-state index is 0.0953. The predicted octanol–water partition coefficient (Wildman–Crippen LogP) is 6.14. The molecule has 3 aliphatic rings. The van der Waals surface area contributed by atoms with E-state index in [0.717, 1.165) is 51.4 Å². The SMILES string of the molecule is CO[C@H]([C@@H](C)C(=O)CC[C@H]1CC(C(=O)N2CCCCO2)C[C@H](c2ccccc2)C1)[C@@H]1CCCN1C(=O)OC(C)(C)C. The molecular formula is C33H50N2O6. The number of benzene rings is 1. The summed E-state index contributed by atoms with van der Waals surface area (Å²) in [5, 5.41) is 1.59. The van der Waals surface area contributed by atoms with Crippen molar-refractivity contribution in [2.45, 2.75) is 109 Å². The quantitative estimate of drug-likeness (QED) is 0.355. The first-order valence-corrected chi connectivity index (χ1v) is 15.6. The molecule has 1 aliphatic carbocycles. The Labute approximate surface area is 246 Å². The first-order valence-electron chi connectivity index (χ1n) is 15.6. The van der Waals surface area contributed by atoms with Gasteiger partial charge in [0, 0.05) is 38.5 Å². The van der Waals surface area contributed by atoms with E-state index in [2.05, 4.69) is 24.3 Å². The fourth-order valence-corrected chi connectivity index (χ4v) is 6.98. The lowest BCUT2D eigenvalue weighted by Crippen LogP contribution is -2.49. The first-order chi connectivity index (χ1) is 19.6. The highest BCUT2D eigenvalue weighted by molar-refractivity contribution is 5.81. The van der Waals surface area contributed by atoms with Crippen molar-refractivity contribution in [2.24, 2.45) is 17.8 Å². The van der Waals surface area contributed by atoms with Gasteiger partial charge in [0.05, 0.1) is 18.8 Å². The van der Waals surface area contributed by atoms with Gasteiger partial charge in [-0.2, -0.15) is 0 Å². The Bertz CT molecular complexity index is 1020. The average molecular weight is 571 g/mol. The molecule has 0 aromatic heterocycles. The van der Waals surface area contributed by atoms with E-state index in [-0.39, 0.29) is 53.6 Å². The highest BCUT2D eigenvalue weighted by atomic mass is 16.7. The van der Waals surface area contributed by atoms with Gasteiger partial charge in [0.15, 0.2) is 0 Å². The number of ketones is 1. The fourth-order valence-electron chi connectivity index (χ4n) is 6.98. The molecule has 4 rings (SSSR count). The summed E-state index contributed by atoms with van der Waals surface area (Å²) in [7, 11) is 1.63. The van der Waals surface area contributed by atoms with Crippen LogP contribution in [0, 0.1) is 17.8 Å². The Hall–Kier alpha value is -2.45. The molecule has 1 aromatic rings. The Morgan fingerprint density at radius 2 is 1.78 bits per heavy atom. The fraction of sp³-hybridized carbons (Fsp3) is 0.727. The molecule has 8 nitrogen and oxygen atoms in total. The number of amides is 2. The Morgan fingerprint density at radius 3 is 2.44 bits per heavy atom. The zero-order chi connectivity index (χ0) is 29.6. The van der Waals surface area contributed by atoms with E-state index in [0.29, 0.717) is 26.1 Å². The van der Waals surface area contributed by atoms with Gasteiger partial charge >= 0.3 is 6.09 Å². The van der Waals surface area contributed by atoms with Crippen LogP contribution in [-0.4, -0.2) is 72.3 Å². The summed E-state index contributed by atoms with van der Waals surface area (Å²) in [6, 6.07) is 10.3. The second-order valence-corrected chi connectivity index (χ2v) is 13.2. The van der Waals surface area contributed by atoms with Crippen molar-refractivity contribution in [1.82, 2.24) is 9.96 Å². The largest absolute Gasteiger partial charge is 0.444 e. The van der Waals surface area contributed by atoms with Gasteiger partial charge in [-0.1, -0.05) is 37.3 Å². The minimum atomic E-state index is -0.578. The average Bonchev–Trinajstić information content (AvgIpc) is 3.45. The van der Waals surface area contributed by atoms with Crippen LogP contribution < -0.4 is 0 Å². The molecule has 0 bridgehead atoms. The number of methoxy groups -OCH3 is 1. The topological polar surface area (TPSA) is 85.4 Å². The molecule has 1 aromatic carbocycles. The molecule has 6 atom stereocenters. The van der Waals surface area contributed by atoms with Gasteiger partial charge < -0.3 is 14.4 Å². The van der Waals surface area contributed by atoms with Crippen molar-refractivity contribution in [3.63, 3.8) is 0 Å². The maximum Gasteiger partial charge on any atom is 0.410 e. The van der Waals surface area contributed by atoms with E-state index in [1.807, 2.05) is 33.8 Å². The Kier molecular flexibility index (Phi) is 10.9.